The van der Waals surface area contributed by atoms with Crippen LogP contribution in [0.4, 0.5) is 13.2 Å². The van der Waals surface area contributed by atoms with E-state index in [1.165, 1.54) is 6.07 Å². The average Bonchev–Trinajstić information content (AvgIpc) is 2.45. The van der Waals surface area contributed by atoms with Crippen molar-refractivity contribution in [3.8, 4) is 0 Å². The predicted molar refractivity (Wildman–Crippen MR) is 80.4 cm³/mol. The van der Waals surface area contributed by atoms with E-state index in [4.69, 9.17) is 5.73 Å². The quantitative estimate of drug-likeness (QED) is 0.825. The van der Waals surface area contributed by atoms with Crippen LogP contribution in [0.2, 0.25) is 0 Å². The van der Waals surface area contributed by atoms with Crippen LogP contribution in [0.25, 0.3) is 0 Å². The second-order valence-corrected chi connectivity index (χ2v) is 5.64. The van der Waals surface area contributed by atoms with E-state index in [2.05, 4.69) is 0 Å². The summed E-state index contributed by atoms with van der Waals surface area (Å²) in [5.74, 6) is 0. The second-order valence-electron chi connectivity index (χ2n) is 4.79. The van der Waals surface area contributed by atoms with Crippen LogP contribution in [0.3, 0.4) is 0 Å². The molecule has 2 N–H and O–H groups in total. The molecule has 1 atom stereocenters. The molecule has 0 amide bonds. The van der Waals surface area contributed by atoms with Gasteiger partial charge >= 0.3 is 6.18 Å². The smallest absolute Gasteiger partial charge is 0.320 e. The van der Waals surface area contributed by atoms with Gasteiger partial charge in [-0.15, -0.1) is 11.8 Å². The van der Waals surface area contributed by atoms with E-state index in [-0.39, 0.29) is 0 Å². The topological polar surface area (TPSA) is 26.0 Å². The van der Waals surface area contributed by atoms with Crippen molar-refractivity contribution >= 4 is 11.8 Å². The summed E-state index contributed by atoms with van der Waals surface area (Å²) in [6.45, 7) is 1.66. The second kappa shape index (κ2) is 6.12. The van der Waals surface area contributed by atoms with E-state index in [0.717, 1.165) is 22.6 Å². The molecule has 21 heavy (non-hydrogen) atoms. The first-order chi connectivity index (χ1) is 9.84. The molecule has 112 valence electrons. The number of halogens is 3. The summed E-state index contributed by atoms with van der Waals surface area (Å²) in [5.41, 5.74) is 7.80. The Bertz CT molecular complexity index is 638. The first kappa shape index (κ1) is 15.9. The van der Waals surface area contributed by atoms with Crippen LogP contribution < -0.4 is 5.73 Å². The summed E-state index contributed by atoms with van der Waals surface area (Å²) in [6.07, 6.45) is -2.38. The summed E-state index contributed by atoms with van der Waals surface area (Å²) in [5, 5.41) is 0. The van der Waals surface area contributed by atoms with E-state index < -0.39 is 17.8 Å². The van der Waals surface area contributed by atoms with Crippen molar-refractivity contribution in [3.63, 3.8) is 0 Å². The minimum absolute atomic E-state index is 0.434. The number of hydrogen-bond donors (Lipinski definition) is 1. The maximum atomic E-state index is 12.7. The van der Waals surface area contributed by atoms with Crippen molar-refractivity contribution in [2.24, 2.45) is 5.73 Å². The Morgan fingerprint density at radius 2 is 1.71 bits per heavy atom. The number of benzene rings is 2. The predicted octanol–water partition coefficient (Wildman–Crippen LogP) is 4.78. The summed E-state index contributed by atoms with van der Waals surface area (Å²) in [6, 6.07) is 10.9. The maximum Gasteiger partial charge on any atom is 0.416 e. The molecule has 0 saturated carbocycles. The fourth-order valence-electron chi connectivity index (χ4n) is 2.29. The third-order valence-corrected chi connectivity index (χ3v) is 4.22. The molecule has 0 fully saturated rings. The number of alkyl halides is 3. The molecule has 0 radical (unpaired) electrons. The number of hydrogen-bond acceptors (Lipinski definition) is 2. The summed E-state index contributed by atoms with van der Waals surface area (Å²) in [7, 11) is 0. The highest BCUT2D eigenvalue weighted by Gasteiger charge is 2.31. The Hall–Kier alpha value is -1.46. The normalized spacial score (nSPS) is 13.2. The van der Waals surface area contributed by atoms with Crippen molar-refractivity contribution in [2.45, 2.75) is 24.0 Å². The highest BCUT2D eigenvalue weighted by atomic mass is 32.2. The Labute approximate surface area is 126 Å². The molecule has 0 aliphatic carbocycles. The van der Waals surface area contributed by atoms with Crippen LogP contribution in [0.15, 0.2) is 47.4 Å². The molecule has 0 saturated heterocycles. The zero-order valence-corrected chi connectivity index (χ0v) is 12.6. The molecule has 5 heteroatoms. The number of rotatable bonds is 3. The van der Waals surface area contributed by atoms with Crippen LogP contribution in [-0.2, 0) is 6.18 Å². The molecule has 0 bridgehead atoms. The monoisotopic (exact) mass is 311 g/mol. The molecule has 2 aromatic rings. The lowest BCUT2D eigenvalue weighted by atomic mass is 9.94. The van der Waals surface area contributed by atoms with E-state index in [1.54, 1.807) is 18.7 Å². The molecular formula is C16H16F3NS. The average molecular weight is 311 g/mol. The Kier molecular flexibility index (Phi) is 4.64. The molecule has 0 aliphatic heterocycles. The molecule has 0 spiro atoms. The Balaban J connectivity index is 2.42. The van der Waals surface area contributed by atoms with Gasteiger partial charge in [0.05, 0.1) is 11.6 Å². The van der Waals surface area contributed by atoms with Gasteiger partial charge in [-0.25, -0.2) is 0 Å². The zero-order valence-electron chi connectivity index (χ0n) is 11.7. The maximum absolute atomic E-state index is 12.7. The molecule has 0 aromatic heterocycles. The van der Waals surface area contributed by atoms with Gasteiger partial charge in [0.15, 0.2) is 0 Å². The Morgan fingerprint density at radius 3 is 2.29 bits per heavy atom. The molecule has 2 rings (SSSR count). The van der Waals surface area contributed by atoms with Crippen LogP contribution in [0.5, 0.6) is 0 Å². The zero-order chi connectivity index (χ0) is 15.6. The van der Waals surface area contributed by atoms with E-state index >= 15 is 0 Å². The van der Waals surface area contributed by atoms with Gasteiger partial charge in [-0.05, 0) is 48.1 Å². The summed E-state index contributed by atoms with van der Waals surface area (Å²) < 4.78 is 38.1. The van der Waals surface area contributed by atoms with Crippen LogP contribution in [0, 0.1) is 6.92 Å². The lowest BCUT2D eigenvalue weighted by Crippen LogP contribution is -2.15. The number of aryl methyl sites for hydroxylation is 1. The van der Waals surface area contributed by atoms with Gasteiger partial charge in [-0.2, -0.15) is 13.2 Å². The van der Waals surface area contributed by atoms with Gasteiger partial charge in [-0.3, -0.25) is 0 Å². The van der Waals surface area contributed by atoms with Gasteiger partial charge < -0.3 is 5.73 Å². The van der Waals surface area contributed by atoms with Crippen molar-refractivity contribution in [1.82, 2.24) is 0 Å². The van der Waals surface area contributed by atoms with Crippen LogP contribution >= 0.6 is 11.8 Å². The van der Waals surface area contributed by atoms with E-state index in [9.17, 15) is 13.2 Å². The van der Waals surface area contributed by atoms with Gasteiger partial charge in [0.1, 0.15) is 0 Å². The third kappa shape index (κ3) is 3.41. The molecule has 1 nitrogen and oxygen atoms in total. The lowest BCUT2D eigenvalue weighted by molar-refractivity contribution is -0.137. The first-order valence-electron chi connectivity index (χ1n) is 6.41. The van der Waals surface area contributed by atoms with Gasteiger partial charge in [0, 0.05) is 4.90 Å². The van der Waals surface area contributed by atoms with Gasteiger partial charge in [-0.1, -0.05) is 24.3 Å². The van der Waals surface area contributed by atoms with Crippen molar-refractivity contribution < 1.29 is 13.2 Å². The third-order valence-electron chi connectivity index (χ3n) is 3.41. The first-order valence-corrected chi connectivity index (χ1v) is 7.63. The fourth-order valence-corrected chi connectivity index (χ4v) is 2.94. The SMILES string of the molecule is CSc1ccccc1C(N)c1ccc(C(F)(F)F)cc1C. The lowest BCUT2D eigenvalue weighted by Gasteiger charge is -2.19. The molecular weight excluding hydrogens is 295 g/mol. The molecule has 0 aliphatic rings. The van der Waals surface area contributed by atoms with E-state index in [0.29, 0.717) is 11.1 Å². The minimum atomic E-state index is -4.33. The summed E-state index contributed by atoms with van der Waals surface area (Å²) >= 11 is 1.57. The van der Waals surface area contributed by atoms with Crippen molar-refractivity contribution in [1.29, 1.82) is 0 Å². The minimum Gasteiger partial charge on any atom is -0.320 e. The van der Waals surface area contributed by atoms with Crippen LogP contribution in [-0.4, -0.2) is 6.26 Å². The molecule has 0 heterocycles. The summed E-state index contributed by atoms with van der Waals surface area (Å²) in [4.78, 5) is 1.03. The fraction of sp³-hybridized carbons (Fsp3) is 0.250. The van der Waals surface area contributed by atoms with E-state index in [1.807, 2.05) is 30.5 Å². The van der Waals surface area contributed by atoms with Gasteiger partial charge in [0.2, 0.25) is 0 Å². The highest BCUT2D eigenvalue weighted by molar-refractivity contribution is 7.98. The number of nitrogens with two attached hydrogens (primary N) is 1. The number of thioether (sulfide) groups is 1. The van der Waals surface area contributed by atoms with Gasteiger partial charge in [0.25, 0.3) is 0 Å². The molecule has 1 unspecified atom stereocenters. The van der Waals surface area contributed by atoms with Crippen molar-refractivity contribution in [3.05, 3.63) is 64.7 Å². The Morgan fingerprint density at radius 1 is 1.05 bits per heavy atom. The van der Waals surface area contributed by atoms with Crippen molar-refractivity contribution in [2.75, 3.05) is 6.26 Å². The largest absolute Gasteiger partial charge is 0.416 e. The molecule has 2 aromatic carbocycles. The highest BCUT2D eigenvalue weighted by Crippen LogP contribution is 2.34. The van der Waals surface area contributed by atoms with Crippen LogP contribution in [0.1, 0.15) is 28.3 Å². The standard InChI is InChI=1S/C16H16F3NS/c1-10-9-11(16(17,18)19)7-8-12(10)15(20)13-5-3-4-6-14(13)21-2/h3-9,15H,20H2,1-2H3.